The Bertz CT molecular complexity index is 614. The van der Waals surface area contributed by atoms with Crippen molar-refractivity contribution in [1.82, 2.24) is 4.98 Å². The van der Waals surface area contributed by atoms with Gasteiger partial charge < -0.3 is 15.4 Å². The molecule has 1 aromatic heterocycles. The van der Waals surface area contributed by atoms with Crippen LogP contribution in [-0.2, 0) is 4.79 Å². The Balaban J connectivity index is 2.16. The number of carbonyl (C=O) groups excluding carboxylic acids is 1. The minimum atomic E-state index is -0.141. The molecule has 21 heavy (non-hydrogen) atoms. The van der Waals surface area contributed by atoms with Crippen LogP contribution in [0.25, 0.3) is 0 Å². The average Bonchev–Trinajstić information content (AvgIpc) is 2.47. The van der Waals surface area contributed by atoms with Crippen LogP contribution in [-0.4, -0.2) is 17.4 Å². The molecule has 0 unspecified atom stereocenters. The normalized spacial score (nSPS) is 10.0. The number of benzene rings is 1. The molecule has 0 bridgehead atoms. The number of aromatic nitrogens is 1. The first kappa shape index (κ1) is 14.8. The summed E-state index contributed by atoms with van der Waals surface area (Å²) in [6.07, 6.45) is 1.03. The number of anilines is 2. The van der Waals surface area contributed by atoms with E-state index in [2.05, 4.69) is 22.5 Å². The molecule has 1 amide bonds. The van der Waals surface area contributed by atoms with Crippen molar-refractivity contribution in [2.75, 3.05) is 17.2 Å². The SMILES string of the molecule is CCCNc1cccc(Oc2ccccc2NC(C)=O)n1. The zero-order chi connectivity index (χ0) is 15.1. The molecule has 0 fully saturated rings. The highest BCUT2D eigenvalue weighted by Gasteiger charge is 2.07. The van der Waals surface area contributed by atoms with Crippen LogP contribution in [0.4, 0.5) is 11.5 Å². The van der Waals surface area contributed by atoms with Crippen LogP contribution in [0.5, 0.6) is 11.6 Å². The van der Waals surface area contributed by atoms with E-state index in [0.717, 1.165) is 18.8 Å². The van der Waals surface area contributed by atoms with Gasteiger partial charge in [0.05, 0.1) is 5.69 Å². The van der Waals surface area contributed by atoms with Gasteiger partial charge in [-0.3, -0.25) is 4.79 Å². The van der Waals surface area contributed by atoms with Crippen LogP contribution in [0.3, 0.4) is 0 Å². The highest BCUT2D eigenvalue weighted by Crippen LogP contribution is 2.28. The van der Waals surface area contributed by atoms with Gasteiger partial charge in [0, 0.05) is 19.5 Å². The van der Waals surface area contributed by atoms with Gasteiger partial charge in [-0.1, -0.05) is 25.1 Å². The molecule has 0 radical (unpaired) electrons. The molecule has 0 spiro atoms. The third kappa shape index (κ3) is 4.49. The summed E-state index contributed by atoms with van der Waals surface area (Å²) in [5.74, 6) is 1.67. The third-order valence-electron chi connectivity index (χ3n) is 2.69. The van der Waals surface area contributed by atoms with Crippen LogP contribution in [0.2, 0.25) is 0 Å². The van der Waals surface area contributed by atoms with E-state index >= 15 is 0 Å². The molecule has 1 aromatic carbocycles. The van der Waals surface area contributed by atoms with Crippen molar-refractivity contribution in [2.45, 2.75) is 20.3 Å². The number of amides is 1. The second-order valence-corrected chi connectivity index (χ2v) is 4.57. The number of nitrogens with zero attached hydrogens (tertiary/aromatic N) is 1. The Morgan fingerprint density at radius 1 is 1.19 bits per heavy atom. The molecule has 2 aromatic rings. The minimum Gasteiger partial charge on any atom is -0.437 e. The van der Waals surface area contributed by atoms with E-state index in [1.54, 1.807) is 18.2 Å². The summed E-state index contributed by atoms with van der Waals surface area (Å²) in [5.41, 5.74) is 0.624. The summed E-state index contributed by atoms with van der Waals surface area (Å²) in [5, 5.41) is 5.94. The summed E-state index contributed by atoms with van der Waals surface area (Å²) in [4.78, 5) is 15.6. The lowest BCUT2D eigenvalue weighted by molar-refractivity contribution is -0.114. The van der Waals surface area contributed by atoms with Gasteiger partial charge in [-0.25, -0.2) is 0 Å². The number of pyridine rings is 1. The molecule has 5 nitrogen and oxygen atoms in total. The zero-order valence-corrected chi connectivity index (χ0v) is 12.2. The van der Waals surface area contributed by atoms with E-state index in [0.29, 0.717) is 17.3 Å². The van der Waals surface area contributed by atoms with Gasteiger partial charge in [0.15, 0.2) is 5.75 Å². The van der Waals surface area contributed by atoms with E-state index in [9.17, 15) is 4.79 Å². The second-order valence-electron chi connectivity index (χ2n) is 4.57. The lowest BCUT2D eigenvalue weighted by Crippen LogP contribution is -2.07. The smallest absolute Gasteiger partial charge is 0.221 e. The Morgan fingerprint density at radius 3 is 2.76 bits per heavy atom. The predicted molar refractivity (Wildman–Crippen MR) is 83.8 cm³/mol. The number of carbonyl (C=O) groups is 1. The number of ether oxygens (including phenoxy) is 1. The molecule has 0 atom stereocenters. The summed E-state index contributed by atoms with van der Waals surface area (Å²) in [6.45, 7) is 4.42. The molecule has 1 heterocycles. The fourth-order valence-electron chi connectivity index (χ4n) is 1.78. The number of hydrogen-bond donors (Lipinski definition) is 2. The van der Waals surface area contributed by atoms with Crippen molar-refractivity contribution in [2.24, 2.45) is 0 Å². The van der Waals surface area contributed by atoms with Gasteiger partial charge >= 0.3 is 0 Å². The zero-order valence-electron chi connectivity index (χ0n) is 12.2. The first-order valence-electron chi connectivity index (χ1n) is 6.94. The van der Waals surface area contributed by atoms with E-state index in [1.165, 1.54) is 6.92 Å². The minimum absolute atomic E-state index is 0.141. The van der Waals surface area contributed by atoms with E-state index in [4.69, 9.17) is 4.74 Å². The van der Waals surface area contributed by atoms with Gasteiger partial charge in [-0.15, -0.1) is 0 Å². The molecule has 2 rings (SSSR count). The van der Waals surface area contributed by atoms with Crippen molar-refractivity contribution in [3.8, 4) is 11.6 Å². The standard InChI is InChI=1S/C16H19N3O2/c1-3-11-17-15-9-6-10-16(19-15)21-14-8-5-4-7-13(14)18-12(2)20/h4-10H,3,11H2,1-2H3,(H,17,19)(H,18,20). The fraction of sp³-hybridized carbons (Fsp3) is 0.250. The van der Waals surface area contributed by atoms with Gasteiger partial charge in [0.2, 0.25) is 11.8 Å². The number of nitrogens with one attached hydrogen (secondary N) is 2. The summed E-state index contributed by atoms with van der Waals surface area (Å²) in [6, 6.07) is 12.8. The third-order valence-corrected chi connectivity index (χ3v) is 2.69. The van der Waals surface area contributed by atoms with Gasteiger partial charge in [-0.2, -0.15) is 4.98 Å². The van der Waals surface area contributed by atoms with Crippen molar-refractivity contribution in [3.63, 3.8) is 0 Å². The number of para-hydroxylation sites is 2. The van der Waals surface area contributed by atoms with E-state index in [-0.39, 0.29) is 5.91 Å². The molecule has 110 valence electrons. The van der Waals surface area contributed by atoms with E-state index < -0.39 is 0 Å². The Morgan fingerprint density at radius 2 is 2.00 bits per heavy atom. The maximum atomic E-state index is 11.2. The molecule has 0 aliphatic rings. The lowest BCUT2D eigenvalue weighted by Gasteiger charge is -2.11. The molecule has 0 saturated carbocycles. The van der Waals surface area contributed by atoms with Crippen molar-refractivity contribution in [1.29, 1.82) is 0 Å². The second kappa shape index (κ2) is 7.28. The van der Waals surface area contributed by atoms with Crippen molar-refractivity contribution >= 4 is 17.4 Å². The molecular weight excluding hydrogens is 266 g/mol. The monoisotopic (exact) mass is 285 g/mol. The summed E-state index contributed by atoms with van der Waals surface area (Å²) >= 11 is 0. The average molecular weight is 285 g/mol. The lowest BCUT2D eigenvalue weighted by atomic mass is 10.3. The van der Waals surface area contributed by atoms with E-state index in [1.807, 2.05) is 24.3 Å². The quantitative estimate of drug-likeness (QED) is 0.850. The van der Waals surface area contributed by atoms with Crippen molar-refractivity contribution < 1.29 is 9.53 Å². The van der Waals surface area contributed by atoms with Crippen LogP contribution in [0.15, 0.2) is 42.5 Å². The van der Waals surface area contributed by atoms with Crippen LogP contribution >= 0.6 is 0 Å². The molecule has 0 aliphatic heterocycles. The molecule has 0 aliphatic carbocycles. The Kier molecular flexibility index (Phi) is 5.15. The maximum Gasteiger partial charge on any atom is 0.221 e. The van der Waals surface area contributed by atoms with Crippen LogP contribution < -0.4 is 15.4 Å². The highest BCUT2D eigenvalue weighted by molar-refractivity contribution is 5.90. The van der Waals surface area contributed by atoms with Gasteiger partial charge in [0.1, 0.15) is 5.82 Å². The summed E-state index contributed by atoms with van der Waals surface area (Å²) in [7, 11) is 0. The van der Waals surface area contributed by atoms with Crippen LogP contribution in [0, 0.1) is 0 Å². The topological polar surface area (TPSA) is 63.2 Å². The van der Waals surface area contributed by atoms with Gasteiger partial charge in [0.25, 0.3) is 0 Å². The Labute approximate surface area is 124 Å². The van der Waals surface area contributed by atoms with Gasteiger partial charge in [-0.05, 0) is 24.6 Å². The van der Waals surface area contributed by atoms with Crippen molar-refractivity contribution in [3.05, 3.63) is 42.5 Å². The first-order chi connectivity index (χ1) is 10.2. The first-order valence-corrected chi connectivity index (χ1v) is 6.94. The number of rotatable bonds is 6. The Hall–Kier alpha value is -2.56. The van der Waals surface area contributed by atoms with Crippen LogP contribution in [0.1, 0.15) is 20.3 Å². The maximum absolute atomic E-state index is 11.2. The molecule has 2 N–H and O–H groups in total. The fourth-order valence-corrected chi connectivity index (χ4v) is 1.78. The molecule has 5 heteroatoms. The number of hydrogen-bond acceptors (Lipinski definition) is 4. The predicted octanol–water partition coefficient (Wildman–Crippen LogP) is 3.65. The largest absolute Gasteiger partial charge is 0.437 e. The molecule has 0 saturated heterocycles. The summed E-state index contributed by atoms with van der Waals surface area (Å²) < 4.78 is 5.77. The molecular formula is C16H19N3O2. The highest BCUT2D eigenvalue weighted by atomic mass is 16.5.